The Morgan fingerprint density at radius 2 is 1.15 bits per heavy atom. The first-order chi connectivity index (χ1) is 16.2. The maximum Gasteiger partial charge on any atom is 0.144 e. The third-order valence-electron chi connectivity index (χ3n) is 5.64. The lowest BCUT2D eigenvalue weighted by molar-refractivity contribution is -0.00158. The van der Waals surface area contributed by atoms with Crippen molar-refractivity contribution < 1.29 is 19.3 Å². The SMILES string of the molecule is COc1ccc(C(OCc2cccc(CO)n2)(c2ccccc2)c2ccc(OC)cc2)cc1. The van der Waals surface area contributed by atoms with Crippen molar-refractivity contribution in [1.29, 1.82) is 0 Å². The molecular formula is C28H27NO4. The van der Waals surface area contributed by atoms with Gasteiger partial charge in [-0.15, -0.1) is 0 Å². The fraction of sp³-hybridized carbons (Fsp3) is 0.179. The van der Waals surface area contributed by atoms with Crippen molar-refractivity contribution in [3.63, 3.8) is 0 Å². The highest BCUT2D eigenvalue weighted by atomic mass is 16.5. The molecule has 0 amide bonds. The molecule has 33 heavy (non-hydrogen) atoms. The summed E-state index contributed by atoms with van der Waals surface area (Å²) in [5.41, 5.74) is 3.34. The van der Waals surface area contributed by atoms with E-state index in [1.54, 1.807) is 20.3 Å². The molecule has 0 saturated carbocycles. The van der Waals surface area contributed by atoms with Gasteiger partial charge in [0.05, 0.1) is 38.8 Å². The normalized spacial score (nSPS) is 11.2. The van der Waals surface area contributed by atoms with Gasteiger partial charge in [-0.2, -0.15) is 0 Å². The van der Waals surface area contributed by atoms with Crippen LogP contribution in [0.2, 0.25) is 0 Å². The molecule has 0 bridgehead atoms. The van der Waals surface area contributed by atoms with Crippen LogP contribution in [0.25, 0.3) is 0 Å². The van der Waals surface area contributed by atoms with Crippen LogP contribution in [0.4, 0.5) is 0 Å². The van der Waals surface area contributed by atoms with Crippen LogP contribution in [0.15, 0.2) is 97.1 Å². The highest BCUT2D eigenvalue weighted by molar-refractivity contribution is 5.49. The van der Waals surface area contributed by atoms with Crippen molar-refractivity contribution in [3.05, 3.63) is 125 Å². The van der Waals surface area contributed by atoms with E-state index in [-0.39, 0.29) is 13.2 Å². The second kappa shape index (κ2) is 10.3. The first-order valence-corrected chi connectivity index (χ1v) is 10.7. The summed E-state index contributed by atoms with van der Waals surface area (Å²) in [7, 11) is 3.30. The number of ether oxygens (including phenoxy) is 3. The number of methoxy groups -OCH3 is 2. The predicted molar refractivity (Wildman–Crippen MR) is 127 cm³/mol. The van der Waals surface area contributed by atoms with Crippen molar-refractivity contribution in [2.24, 2.45) is 0 Å². The lowest BCUT2D eigenvalue weighted by Crippen LogP contribution is -2.33. The number of hydrogen-bond acceptors (Lipinski definition) is 5. The number of hydrogen-bond donors (Lipinski definition) is 1. The monoisotopic (exact) mass is 441 g/mol. The molecular weight excluding hydrogens is 414 g/mol. The topological polar surface area (TPSA) is 60.8 Å². The molecule has 0 radical (unpaired) electrons. The van der Waals surface area contributed by atoms with Crippen LogP contribution in [0.1, 0.15) is 28.1 Å². The molecule has 0 fully saturated rings. The first-order valence-electron chi connectivity index (χ1n) is 10.7. The van der Waals surface area contributed by atoms with E-state index in [1.807, 2.05) is 78.9 Å². The molecule has 3 aromatic carbocycles. The van der Waals surface area contributed by atoms with Gasteiger partial charge < -0.3 is 19.3 Å². The minimum absolute atomic E-state index is 0.116. The minimum Gasteiger partial charge on any atom is -0.497 e. The van der Waals surface area contributed by atoms with Crippen LogP contribution in [0.5, 0.6) is 11.5 Å². The molecule has 0 saturated heterocycles. The zero-order valence-corrected chi connectivity index (χ0v) is 18.8. The molecule has 0 aliphatic rings. The zero-order chi connectivity index (χ0) is 23.1. The third-order valence-corrected chi connectivity index (χ3v) is 5.64. The maximum atomic E-state index is 9.50. The van der Waals surface area contributed by atoms with Gasteiger partial charge in [-0.05, 0) is 53.1 Å². The molecule has 0 aliphatic carbocycles. The Bertz CT molecular complexity index is 1110. The second-order valence-electron chi connectivity index (χ2n) is 7.57. The Balaban J connectivity index is 1.87. The molecule has 0 unspecified atom stereocenters. The highest BCUT2D eigenvalue weighted by Crippen LogP contribution is 2.42. The molecule has 4 aromatic rings. The molecule has 5 nitrogen and oxygen atoms in total. The molecule has 1 aromatic heterocycles. The number of aliphatic hydroxyl groups is 1. The van der Waals surface area contributed by atoms with Gasteiger partial charge in [0.1, 0.15) is 17.1 Å². The van der Waals surface area contributed by atoms with Crippen molar-refractivity contribution in [2.75, 3.05) is 14.2 Å². The van der Waals surface area contributed by atoms with Gasteiger partial charge in [0.15, 0.2) is 0 Å². The van der Waals surface area contributed by atoms with E-state index in [0.717, 1.165) is 33.9 Å². The lowest BCUT2D eigenvalue weighted by atomic mass is 9.80. The van der Waals surface area contributed by atoms with E-state index in [9.17, 15) is 5.11 Å². The van der Waals surface area contributed by atoms with Crippen molar-refractivity contribution >= 4 is 0 Å². The standard InChI is InChI=1S/C28H27NO4/c1-31-26-15-11-22(12-16-26)28(21-7-4-3-5-8-21,23-13-17-27(32-2)18-14-23)33-20-25-10-6-9-24(19-30)29-25/h3-18,30H,19-20H2,1-2H3. The van der Waals surface area contributed by atoms with Gasteiger partial charge in [0, 0.05) is 0 Å². The van der Waals surface area contributed by atoms with E-state index in [2.05, 4.69) is 17.1 Å². The summed E-state index contributed by atoms with van der Waals surface area (Å²) in [6.07, 6.45) is 0. The van der Waals surface area contributed by atoms with Crippen molar-refractivity contribution in [1.82, 2.24) is 4.98 Å². The summed E-state index contributed by atoms with van der Waals surface area (Å²) < 4.78 is 17.6. The molecule has 168 valence electrons. The zero-order valence-electron chi connectivity index (χ0n) is 18.8. The molecule has 4 rings (SSSR count). The number of nitrogens with zero attached hydrogens (tertiary/aromatic N) is 1. The number of benzene rings is 3. The Hall–Kier alpha value is -3.67. The average molecular weight is 442 g/mol. The van der Waals surface area contributed by atoms with Crippen LogP contribution in [-0.4, -0.2) is 24.3 Å². The van der Waals surface area contributed by atoms with Crippen molar-refractivity contribution in [3.8, 4) is 11.5 Å². The van der Waals surface area contributed by atoms with Crippen molar-refractivity contribution in [2.45, 2.75) is 18.8 Å². The molecule has 5 heteroatoms. The van der Waals surface area contributed by atoms with Gasteiger partial charge in [-0.25, -0.2) is 0 Å². The van der Waals surface area contributed by atoms with Crippen LogP contribution in [0.3, 0.4) is 0 Å². The summed E-state index contributed by atoms with van der Waals surface area (Å²) in [6.45, 7) is 0.134. The molecule has 0 spiro atoms. The smallest absolute Gasteiger partial charge is 0.144 e. The van der Waals surface area contributed by atoms with E-state index in [1.165, 1.54) is 0 Å². The summed E-state index contributed by atoms with van der Waals surface area (Å²) >= 11 is 0. The van der Waals surface area contributed by atoms with E-state index in [4.69, 9.17) is 14.2 Å². The Morgan fingerprint density at radius 3 is 1.67 bits per heavy atom. The summed E-state index contributed by atoms with van der Waals surface area (Å²) in [5, 5.41) is 9.50. The number of rotatable bonds is 9. The second-order valence-corrected chi connectivity index (χ2v) is 7.57. The summed E-state index contributed by atoms with van der Waals surface area (Å²) in [5.74, 6) is 1.54. The molecule has 0 atom stereocenters. The summed E-state index contributed by atoms with van der Waals surface area (Å²) in [6, 6.07) is 31.5. The van der Waals surface area contributed by atoms with Gasteiger partial charge in [0.2, 0.25) is 0 Å². The van der Waals surface area contributed by atoms with E-state index < -0.39 is 5.60 Å². The van der Waals surface area contributed by atoms with Gasteiger partial charge in [-0.1, -0.05) is 60.7 Å². The Morgan fingerprint density at radius 1 is 0.636 bits per heavy atom. The summed E-state index contributed by atoms with van der Waals surface area (Å²) in [4.78, 5) is 4.52. The largest absolute Gasteiger partial charge is 0.497 e. The number of aromatic nitrogens is 1. The van der Waals surface area contributed by atoms with E-state index in [0.29, 0.717) is 5.69 Å². The van der Waals surface area contributed by atoms with Crippen LogP contribution in [0, 0.1) is 0 Å². The van der Waals surface area contributed by atoms with Gasteiger partial charge >= 0.3 is 0 Å². The van der Waals surface area contributed by atoms with E-state index >= 15 is 0 Å². The lowest BCUT2D eigenvalue weighted by Gasteiger charge is -2.36. The van der Waals surface area contributed by atoms with Crippen LogP contribution < -0.4 is 9.47 Å². The quantitative estimate of drug-likeness (QED) is 0.366. The van der Waals surface area contributed by atoms with Crippen LogP contribution >= 0.6 is 0 Å². The Kier molecular flexibility index (Phi) is 7.03. The molecule has 1 heterocycles. The molecule has 1 N–H and O–H groups in total. The third kappa shape index (κ3) is 4.75. The van der Waals surface area contributed by atoms with Gasteiger partial charge in [-0.3, -0.25) is 4.98 Å². The van der Waals surface area contributed by atoms with Gasteiger partial charge in [0.25, 0.3) is 0 Å². The maximum absolute atomic E-state index is 9.50. The predicted octanol–water partition coefficient (Wildman–Crippen LogP) is 5.10. The van der Waals surface area contributed by atoms with Crippen LogP contribution in [-0.2, 0) is 23.6 Å². The molecule has 0 aliphatic heterocycles. The first kappa shape index (κ1) is 22.5. The fourth-order valence-electron chi connectivity index (χ4n) is 3.95. The number of aliphatic hydroxyl groups excluding tert-OH is 1. The highest BCUT2D eigenvalue weighted by Gasteiger charge is 2.38. The average Bonchev–Trinajstić information content (AvgIpc) is 2.90. The minimum atomic E-state index is -0.906. The Labute approximate surface area is 194 Å². The number of pyridine rings is 1. The fourth-order valence-corrected chi connectivity index (χ4v) is 3.95.